The fourth-order valence-electron chi connectivity index (χ4n) is 2.64. The van der Waals surface area contributed by atoms with Crippen LogP contribution in [0.3, 0.4) is 0 Å². The van der Waals surface area contributed by atoms with Crippen LogP contribution in [-0.2, 0) is 9.84 Å². The lowest BCUT2D eigenvalue weighted by atomic mass is 9.77. The Morgan fingerprint density at radius 3 is 2.14 bits per heavy atom. The molecule has 0 aromatic carbocycles. The first kappa shape index (κ1) is 19.0. The molecule has 1 atom stereocenters. The standard InChI is InChI=1S/C17H35NO2S/c1-6-8-11-17(7-2,14-18-15-9-10-15)12-13-21(19,20)16(3,4)5/h15,18H,6-14H2,1-5H3. The molecule has 0 spiro atoms. The van der Waals surface area contributed by atoms with Gasteiger partial charge in [0.25, 0.3) is 0 Å². The molecule has 0 radical (unpaired) electrons. The van der Waals surface area contributed by atoms with Crippen LogP contribution in [-0.4, -0.2) is 31.5 Å². The summed E-state index contributed by atoms with van der Waals surface area (Å²) in [6.45, 7) is 10.8. The monoisotopic (exact) mass is 317 g/mol. The van der Waals surface area contributed by atoms with Gasteiger partial charge >= 0.3 is 0 Å². The van der Waals surface area contributed by atoms with E-state index < -0.39 is 14.6 Å². The Hall–Kier alpha value is -0.0900. The highest BCUT2D eigenvalue weighted by Gasteiger charge is 2.35. The summed E-state index contributed by atoms with van der Waals surface area (Å²) in [5.41, 5.74) is 0.150. The Bertz CT molecular complexity index is 407. The second-order valence-electron chi connectivity index (χ2n) is 7.79. The minimum Gasteiger partial charge on any atom is -0.313 e. The highest BCUT2D eigenvalue weighted by atomic mass is 32.2. The molecular formula is C17H35NO2S. The van der Waals surface area contributed by atoms with E-state index in [2.05, 4.69) is 19.2 Å². The topological polar surface area (TPSA) is 46.2 Å². The van der Waals surface area contributed by atoms with Crippen LogP contribution in [0.15, 0.2) is 0 Å². The van der Waals surface area contributed by atoms with Crippen LogP contribution in [0.4, 0.5) is 0 Å². The molecule has 0 aromatic rings. The third-order valence-electron chi connectivity index (χ3n) is 4.99. The molecule has 126 valence electrons. The molecule has 1 N–H and O–H groups in total. The molecule has 1 fully saturated rings. The molecule has 0 amide bonds. The molecule has 3 nitrogen and oxygen atoms in total. The van der Waals surface area contributed by atoms with E-state index in [0.717, 1.165) is 25.8 Å². The van der Waals surface area contributed by atoms with Crippen molar-refractivity contribution in [1.29, 1.82) is 0 Å². The number of hydrogen-bond donors (Lipinski definition) is 1. The number of unbranched alkanes of at least 4 members (excludes halogenated alkanes) is 1. The summed E-state index contributed by atoms with van der Waals surface area (Å²) in [7, 11) is -3.02. The fraction of sp³-hybridized carbons (Fsp3) is 1.00. The van der Waals surface area contributed by atoms with E-state index in [1.54, 1.807) is 0 Å². The van der Waals surface area contributed by atoms with Gasteiger partial charge in [-0.05, 0) is 58.3 Å². The van der Waals surface area contributed by atoms with Gasteiger partial charge in [0.2, 0.25) is 0 Å². The van der Waals surface area contributed by atoms with Crippen molar-refractivity contribution in [3.05, 3.63) is 0 Å². The Morgan fingerprint density at radius 1 is 1.10 bits per heavy atom. The van der Waals surface area contributed by atoms with Crippen LogP contribution in [0.5, 0.6) is 0 Å². The number of sulfone groups is 1. The van der Waals surface area contributed by atoms with Crippen LogP contribution in [0.25, 0.3) is 0 Å². The van der Waals surface area contributed by atoms with Gasteiger partial charge in [-0.2, -0.15) is 0 Å². The van der Waals surface area contributed by atoms with Gasteiger partial charge in [-0.15, -0.1) is 0 Å². The smallest absolute Gasteiger partial charge is 0.155 e. The maximum atomic E-state index is 12.4. The van der Waals surface area contributed by atoms with E-state index in [1.807, 2.05) is 20.8 Å². The van der Waals surface area contributed by atoms with Crippen molar-refractivity contribution < 1.29 is 8.42 Å². The third-order valence-corrected chi connectivity index (χ3v) is 7.60. The lowest BCUT2D eigenvalue weighted by Crippen LogP contribution is -2.39. The molecule has 0 saturated heterocycles. The van der Waals surface area contributed by atoms with Crippen molar-refractivity contribution in [3.63, 3.8) is 0 Å². The van der Waals surface area contributed by atoms with Crippen LogP contribution < -0.4 is 5.32 Å². The van der Waals surface area contributed by atoms with Gasteiger partial charge in [0, 0.05) is 12.6 Å². The van der Waals surface area contributed by atoms with E-state index in [-0.39, 0.29) is 5.41 Å². The SMILES string of the molecule is CCCCC(CC)(CCS(=O)(=O)C(C)(C)C)CNC1CC1. The average Bonchev–Trinajstić information content (AvgIpc) is 3.21. The molecule has 0 aromatic heterocycles. The summed E-state index contributed by atoms with van der Waals surface area (Å²) in [6.07, 6.45) is 7.93. The van der Waals surface area contributed by atoms with Gasteiger partial charge in [-0.3, -0.25) is 0 Å². The van der Waals surface area contributed by atoms with Crippen molar-refractivity contribution in [2.75, 3.05) is 12.3 Å². The summed E-state index contributed by atoms with van der Waals surface area (Å²) in [4.78, 5) is 0. The Morgan fingerprint density at radius 2 is 1.71 bits per heavy atom. The minimum absolute atomic E-state index is 0.150. The largest absolute Gasteiger partial charge is 0.313 e. The first-order valence-electron chi connectivity index (χ1n) is 8.61. The molecule has 1 aliphatic rings. The zero-order valence-electron chi connectivity index (χ0n) is 14.7. The van der Waals surface area contributed by atoms with Gasteiger partial charge in [-0.1, -0.05) is 26.7 Å². The maximum absolute atomic E-state index is 12.4. The van der Waals surface area contributed by atoms with Crippen molar-refractivity contribution in [1.82, 2.24) is 5.32 Å². The van der Waals surface area contributed by atoms with Crippen LogP contribution >= 0.6 is 0 Å². The molecule has 1 saturated carbocycles. The summed E-state index contributed by atoms with van der Waals surface area (Å²) in [5, 5.41) is 3.64. The van der Waals surface area contributed by atoms with Crippen molar-refractivity contribution in [3.8, 4) is 0 Å². The maximum Gasteiger partial charge on any atom is 0.155 e. The molecular weight excluding hydrogens is 282 g/mol. The Balaban J connectivity index is 2.69. The Labute approximate surface area is 132 Å². The van der Waals surface area contributed by atoms with Gasteiger partial charge in [0.15, 0.2) is 9.84 Å². The summed E-state index contributed by atoms with van der Waals surface area (Å²) >= 11 is 0. The quantitative estimate of drug-likeness (QED) is 0.664. The van der Waals surface area contributed by atoms with Crippen LogP contribution in [0, 0.1) is 5.41 Å². The van der Waals surface area contributed by atoms with Gasteiger partial charge in [0.05, 0.1) is 10.5 Å². The van der Waals surface area contributed by atoms with E-state index in [4.69, 9.17) is 0 Å². The molecule has 4 heteroatoms. The lowest BCUT2D eigenvalue weighted by molar-refractivity contribution is 0.221. The van der Waals surface area contributed by atoms with Crippen molar-refractivity contribution in [2.24, 2.45) is 5.41 Å². The minimum atomic E-state index is -3.02. The molecule has 0 aliphatic heterocycles. The van der Waals surface area contributed by atoms with E-state index >= 15 is 0 Å². The van der Waals surface area contributed by atoms with Crippen LogP contribution in [0.2, 0.25) is 0 Å². The highest BCUT2D eigenvalue weighted by Crippen LogP contribution is 2.35. The molecule has 1 unspecified atom stereocenters. The third kappa shape index (κ3) is 5.90. The molecule has 21 heavy (non-hydrogen) atoms. The predicted octanol–water partition coefficient (Wildman–Crippen LogP) is 3.93. The zero-order chi connectivity index (χ0) is 16.1. The van der Waals surface area contributed by atoms with Gasteiger partial charge < -0.3 is 5.32 Å². The van der Waals surface area contributed by atoms with Crippen molar-refractivity contribution in [2.45, 2.75) is 90.4 Å². The summed E-state index contributed by atoms with van der Waals surface area (Å²) < 4.78 is 24.2. The van der Waals surface area contributed by atoms with E-state index in [1.165, 1.54) is 25.7 Å². The highest BCUT2D eigenvalue weighted by molar-refractivity contribution is 7.92. The second-order valence-corrected chi connectivity index (χ2v) is 10.7. The Kier molecular flexibility index (Phi) is 6.73. The molecule has 1 aliphatic carbocycles. The summed E-state index contributed by atoms with van der Waals surface area (Å²) in [6, 6.07) is 0.691. The van der Waals surface area contributed by atoms with Gasteiger partial charge in [0.1, 0.15) is 0 Å². The predicted molar refractivity (Wildman–Crippen MR) is 91.4 cm³/mol. The first-order chi connectivity index (χ1) is 9.66. The van der Waals surface area contributed by atoms with Crippen molar-refractivity contribution >= 4 is 9.84 Å². The molecule has 0 heterocycles. The second kappa shape index (κ2) is 7.45. The van der Waals surface area contributed by atoms with Gasteiger partial charge in [-0.25, -0.2) is 8.42 Å². The number of rotatable bonds is 10. The lowest BCUT2D eigenvalue weighted by Gasteiger charge is -2.34. The number of hydrogen-bond acceptors (Lipinski definition) is 3. The molecule has 1 rings (SSSR count). The van der Waals surface area contributed by atoms with E-state index in [0.29, 0.717) is 11.8 Å². The van der Waals surface area contributed by atoms with E-state index in [9.17, 15) is 8.42 Å². The molecule has 0 bridgehead atoms. The zero-order valence-corrected chi connectivity index (χ0v) is 15.5. The normalized spacial score (nSPS) is 19.5. The van der Waals surface area contributed by atoms with Crippen LogP contribution in [0.1, 0.15) is 79.6 Å². The number of nitrogens with one attached hydrogen (secondary N) is 1. The summed E-state index contributed by atoms with van der Waals surface area (Å²) in [5.74, 6) is 0.320. The first-order valence-corrected chi connectivity index (χ1v) is 10.3. The average molecular weight is 318 g/mol. The fourth-order valence-corrected chi connectivity index (χ4v) is 3.95.